The minimum atomic E-state index is -0.248. The van der Waals surface area contributed by atoms with Crippen molar-refractivity contribution in [3.63, 3.8) is 0 Å². The molecule has 84 valence electrons. The zero-order valence-corrected chi connectivity index (χ0v) is 10.7. The molecule has 0 N–H and O–H groups in total. The van der Waals surface area contributed by atoms with E-state index in [0.29, 0.717) is 12.4 Å². The van der Waals surface area contributed by atoms with Gasteiger partial charge in [-0.1, -0.05) is 15.9 Å². The van der Waals surface area contributed by atoms with Crippen LogP contribution in [0.15, 0.2) is 35.2 Å². The fourth-order valence-corrected chi connectivity index (χ4v) is 2.13. The average Bonchev–Trinajstić information content (AvgIpc) is 2.64. The molecule has 1 heterocycles. The molecule has 2 rings (SSSR count). The number of aromatic nitrogens is 2. The van der Waals surface area contributed by atoms with E-state index in [1.54, 1.807) is 6.33 Å². The van der Waals surface area contributed by atoms with Crippen molar-refractivity contribution in [3.05, 3.63) is 52.3 Å². The lowest BCUT2D eigenvalue weighted by atomic mass is 10.2. The lowest BCUT2D eigenvalue weighted by Gasteiger charge is -2.03. The summed E-state index contributed by atoms with van der Waals surface area (Å²) in [7, 11) is 0. The molecule has 0 saturated heterocycles. The van der Waals surface area contributed by atoms with E-state index in [-0.39, 0.29) is 5.82 Å². The summed E-state index contributed by atoms with van der Waals surface area (Å²) in [6.07, 6.45) is 3.54. The maximum absolute atomic E-state index is 13.1. The van der Waals surface area contributed by atoms with E-state index in [9.17, 15) is 4.39 Å². The lowest BCUT2D eigenvalue weighted by Crippen LogP contribution is -1.97. The van der Waals surface area contributed by atoms with Gasteiger partial charge in [-0.3, -0.25) is 0 Å². The van der Waals surface area contributed by atoms with Gasteiger partial charge in [0, 0.05) is 17.2 Å². The maximum atomic E-state index is 13.1. The van der Waals surface area contributed by atoms with Crippen molar-refractivity contribution in [2.45, 2.75) is 12.4 Å². The normalized spacial score (nSPS) is 10.7. The zero-order valence-electron chi connectivity index (χ0n) is 8.33. The van der Waals surface area contributed by atoms with Crippen LogP contribution >= 0.6 is 27.5 Å². The van der Waals surface area contributed by atoms with Gasteiger partial charge in [0.1, 0.15) is 5.82 Å². The fourth-order valence-electron chi connectivity index (χ4n) is 1.47. The highest BCUT2D eigenvalue weighted by molar-refractivity contribution is 9.10. The van der Waals surface area contributed by atoms with Gasteiger partial charge in [0.25, 0.3) is 0 Å². The average molecular weight is 304 g/mol. The van der Waals surface area contributed by atoms with Crippen molar-refractivity contribution in [1.82, 2.24) is 9.55 Å². The molecule has 0 aliphatic heterocycles. The van der Waals surface area contributed by atoms with Gasteiger partial charge in [-0.15, -0.1) is 11.6 Å². The quantitative estimate of drug-likeness (QED) is 0.793. The smallest absolute Gasteiger partial charge is 0.124 e. The highest BCUT2D eigenvalue weighted by atomic mass is 79.9. The Morgan fingerprint density at radius 1 is 1.38 bits per heavy atom. The molecule has 0 fully saturated rings. The molecule has 5 heteroatoms. The number of alkyl halides is 1. The molecule has 0 bridgehead atoms. The predicted octanol–water partition coefficient (Wildman–Crippen LogP) is 3.57. The molecule has 1 aromatic heterocycles. The van der Waals surface area contributed by atoms with Crippen LogP contribution in [0, 0.1) is 5.82 Å². The standard InChI is InChI=1S/C11H9BrClFN2/c12-9-1-8(2-10(14)3-9)5-16-6-11(4-13)15-7-16/h1-3,6-7H,4-5H2. The van der Waals surface area contributed by atoms with Crippen LogP contribution in [0.3, 0.4) is 0 Å². The van der Waals surface area contributed by atoms with E-state index >= 15 is 0 Å². The van der Waals surface area contributed by atoms with Gasteiger partial charge in [-0.2, -0.15) is 0 Å². The first-order valence-corrected chi connectivity index (χ1v) is 6.02. The Labute approximate surface area is 106 Å². The molecular weight excluding hydrogens is 294 g/mol. The number of hydrogen-bond acceptors (Lipinski definition) is 1. The number of nitrogens with zero attached hydrogens (tertiary/aromatic N) is 2. The van der Waals surface area contributed by atoms with Gasteiger partial charge in [-0.05, 0) is 23.8 Å². The topological polar surface area (TPSA) is 17.8 Å². The molecule has 0 radical (unpaired) electrons. The van der Waals surface area contributed by atoms with Crippen molar-refractivity contribution < 1.29 is 4.39 Å². The van der Waals surface area contributed by atoms with Gasteiger partial charge >= 0.3 is 0 Å². The van der Waals surface area contributed by atoms with E-state index in [1.165, 1.54) is 12.1 Å². The Morgan fingerprint density at radius 3 is 2.81 bits per heavy atom. The minimum Gasteiger partial charge on any atom is -0.333 e. The molecule has 1 aromatic carbocycles. The van der Waals surface area contributed by atoms with Crippen LogP contribution in [-0.2, 0) is 12.4 Å². The van der Waals surface area contributed by atoms with Crippen molar-refractivity contribution >= 4 is 27.5 Å². The van der Waals surface area contributed by atoms with Gasteiger partial charge in [-0.25, -0.2) is 9.37 Å². The summed E-state index contributed by atoms with van der Waals surface area (Å²) in [5.41, 5.74) is 1.70. The van der Waals surface area contributed by atoms with Crippen molar-refractivity contribution in [2.75, 3.05) is 0 Å². The highest BCUT2D eigenvalue weighted by Gasteiger charge is 2.01. The Morgan fingerprint density at radius 2 is 2.19 bits per heavy atom. The first-order valence-electron chi connectivity index (χ1n) is 4.69. The molecule has 2 aromatic rings. The van der Waals surface area contributed by atoms with Gasteiger partial charge in [0.15, 0.2) is 0 Å². The number of imidazole rings is 1. The third-order valence-corrected chi connectivity index (χ3v) is 2.84. The van der Waals surface area contributed by atoms with Crippen LogP contribution < -0.4 is 0 Å². The van der Waals surface area contributed by atoms with Crippen molar-refractivity contribution in [2.24, 2.45) is 0 Å². The number of hydrogen-bond donors (Lipinski definition) is 0. The molecular formula is C11H9BrClFN2. The van der Waals surface area contributed by atoms with E-state index in [4.69, 9.17) is 11.6 Å². The predicted molar refractivity (Wildman–Crippen MR) is 65.0 cm³/mol. The second-order valence-corrected chi connectivity index (χ2v) is 4.63. The molecule has 0 aliphatic carbocycles. The summed E-state index contributed by atoms with van der Waals surface area (Å²) >= 11 is 8.91. The summed E-state index contributed by atoms with van der Waals surface area (Å²) in [5.74, 6) is 0.141. The van der Waals surface area contributed by atoms with E-state index < -0.39 is 0 Å². The van der Waals surface area contributed by atoms with E-state index in [1.807, 2.05) is 16.8 Å². The Hall–Kier alpha value is -0.870. The van der Waals surface area contributed by atoms with E-state index in [0.717, 1.165) is 15.7 Å². The van der Waals surface area contributed by atoms with Gasteiger partial charge in [0.2, 0.25) is 0 Å². The van der Waals surface area contributed by atoms with E-state index in [2.05, 4.69) is 20.9 Å². The molecule has 0 atom stereocenters. The second-order valence-electron chi connectivity index (χ2n) is 3.45. The number of rotatable bonds is 3. The summed E-state index contributed by atoms with van der Waals surface area (Å²) in [6, 6.07) is 4.82. The number of benzene rings is 1. The molecule has 0 unspecified atom stereocenters. The Balaban J connectivity index is 2.19. The van der Waals surface area contributed by atoms with Crippen LogP contribution in [0.25, 0.3) is 0 Å². The van der Waals surface area contributed by atoms with Crippen molar-refractivity contribution in [3.8, 4) is 0 Å². The van der Waals surface area contributed by atoms with Crippen LogP contribution in [0.1, 0.15) is 11.3 Å². The molecule has 0 amide bonds. The summed E-state index contributed by atoms with van der Waals surface area (Å²) in [6.45, 7) is 0.584. The summed E-state index contributed by atoms with van der Waals surface area (Å²) in [5, 5.41) is 0. The van der Waals surface area contributed by atoms with Crippen LogP contribution in [-0.4, -0.2) is 9.55 Å². The Kier molecular flexibility index (Phi) is 3.61. The van der Waals surface area contributed by atoms with Gasteiger partial charge < -0.3 is 4.57 Å². The first-order chi connectivity index (χ1) is 7.67. The molecule has 0 spiro atoms. The molecule has 2 nitrogen and oxygen atoms in total. The minimum absolute atomic E-state index is 0.248. The SMILES string of the molecule is Fc1cc(Br)cc(Cn2cnc(CCl)c2)c1. The third-order valence-electron chi connectivity index (χ3n) is 2.11. The van der Waals surface area contributed by atoms with Crippen LogP contribution in [0.2, 0.25) is 0 Å². The first kappa shape index (κ1) is 11.6. The molecule has 16 heavy (non-hydrogen) atoms. The Bertz CT molecular complexity index is 478. The van der Waals surface area contributed by atoms with Crippen molar-refractivity contribution in [1.29, 1.82) is 0 Å². The third kappa shape index (κ3) is 2.83. The zero-order chi connectivity index (χ0) is 11.5. The number of halogens is 3. The lowest BCUT2D eigenvalue weighted by molar-refractivity contribution is 0.622. The fraction of sp³-hybridized carbons (Fsp3) is 0.182. The second kappa shape index (κ2) is 4.97. The molecule has 0 saturated carbocycles. The monoisotopic (exact) mass is 302 g/mol. The van der Waals surface area contributed by atoms with Gasteiger partial charge in [0.05, 0.1) is 17.9 Å². The van der Waals surface area contributed by atoms with Crippen LogP contribution in [0.5, 0.6) is 0 Å². The summed E-state index contributed by atoms with van der Waals surface area (Å²) in [4.78, 5) is 4.10. The summed E-state index contributed by atoms with van der Waals surface area (Å²) < 4.78 is 15.7. The van der Waals surface area contributed by atoms with Crippen LogP contribution in [0.4, 0.5) is 4.39 Å². The largest absolute Gasteiger partial charge is 0.333 e. The maximum Gasteiger partial charge on any atom is 0.124 e. The molecule has 0 aliphatic rings. The highest BCUT2D eigenvalue weighted by Crippen LogP contribution is 2.16.